The fourth-order valence-electron chi connectivity index (χ4n) is 3.73. The number of nitrogens with one attached hydrogen (secondary N) is 1. The zero-order valence-corrected chi connectivity index (χ0v) is 22.5. The van der Waals surface area contributed by atoms with Gasteiger partial charge in [0.2, 0.25) is 11.8 Å². The molecule has 1 N–H and O–H groups in total. The minimum absolute atomic E-state index is 0.0220. The first-order valence-electron chi connectivity index (χ1n) is 11.7. The molecule has 0 aliphatic rings. The Morgan fingerprint density at radius 2 is 1.68 bits per heavy atom. The summed E-state index contributed by atoms with van der Waals surface area (Å²) in [5, 5.41) is 3.16. The van der Waals surface area contributed by atoms with Gasteiger partial charge in [0.25, 0.3) is 10.0 Å². The van der Waals surface area contributed by atoms with Crippen molar-refractivity contribution in [3.05, 3.63) is 89.4 Å². The molecule has 1 unspecified atom stereocenters. The van der Waals surface area contributed by atoms with Gasteiger partial charge in [-0.25, -0.2) is 8.42 Å². The number of amides is 2. The molecule has 8 nitrogen and oxygen atoms in total. The molecule has 3 aromatic carbocycles. The molecule has 0 saturated carbocycles. The average Bonchev–Trinajstić information content (AvgIpc) is 2.91. The van der Waals surface area contributed by atoms with E-state index in [1.807, 2.05) is 0 Å². The topological polar surface area (TPSA) is 96.0 Å². The zero-order valence-electron chi connectivity index (χ0n) is 20.9. The second-order valence-corrected chi connectivity index (χ2v) is 10.5. The van der Waals surface area contributed by atoms with Crippen molar-refractivity contribution in [2.75, 3.05) is 24.5 Å². The van der Waals surface area contributed by atoms with Crippen LogP contribution in [0.5, 0.6) is 5.75 Å². The van der Waals surface area contributed by atoms with Gasteiger partial charge in [0.05, 0.1) is 17.7 Å². The summed E-state index contributed by atoms with van der Waals surface area (Å²) in [6.07, 6.45) is 0. The van der Waals surface area contributed by atoms with Crippen LogP contribution in [0.1, 0.15) is 19.4 Å². The maximum absolute atomic E-state index is 13.8. The van der Waals surface area contributed by atoms with Crippen LogP contribution in [0.15, 0.2) is 83.8 Å². The summed E-state index contributed by atoms with van der Waals surface area (Å²) >= 11 is 6.35. The Kier molecular flexibility index (Phi) is 9.54. The Hall–Kier alpha value is -3.56. The molecule has 0 radical (unpaired) electrons. The SMILES string of the molecule is CCNC(=O)C(C)N(Cc1ccccc1Cl)C(=O)CN(c1cccc(OC)c1)S(=O)(=O)c1ccccc1. The molecule has 37 heavy (non-hydrogen) atoms. The summed E-state index contributed by atoms with van der Waals surface area (Å²) in [5.41, 5.74) is 0.882. The third kappa shape index (κ3) is 6.81. The first-order valence-corrected chi connectivity index (χ1v) is 13.5. The van der Waals surface area contributed by atoms with Crippen LogP contribution in [0, 0.1) is 0 Å². The predicted molar refractivity (Wildman–Crippen MR) is 144 cm³/mol. The second kappa shape index (κ2) is 12.6. The van der Waals surface area contributed by atoms with Gasteiger partial charge in [-0.2, -0.15) is 0 Å². The van der Waals surface area contributed by atoms with Crippen LogP contribution in [0.25, 0.3) is 0 Å². The first kappa shape index (κ1) is 28.0. The number of rotatable bonds is 11. The molecule has 3 rings (SSSR count). The lowest BCUT2D eigenvalue weighted by Crippen LogP contribution is -2.51. The highest BCUT2D eigenvalue weighted by Crippen LogP contribution is 2.28. The quantitative estimate of drug-likeness (QED) is 0.393. The van der Waals surface area contributed by atoms with E-state index in [-0.39, 0.29) is 23.0 Å². The lowest BCUT2D eigenvalue weighted by Gasteiger charge is -2.32. The van der Waals surface area contributed by atoms with Crippen LogP contribution in [0.3, 0.4) is 0 Å². The van der Waals surface area contributed by atoms with E-state index in [9.17, 15) is 18.0 Å². The highest BCUT2D eigenvalue weighted by molar-refractivity contribution is 7.92. The van der Waals surface area contributed by atoms with Crippen LogP contribution < -0.4 is 14.4 Å². The van der Waals surface area contributed by atoms with Gasteiger partial charge in [0, 0.05) is 24.2 Å². The summed E-state index contributed by atoms with van der Waals surface area (Å²) in [6.45, 7) is 3.24. The fourth-order valence-corrected chi connectivity index (χ4v) is 5.35. The van der Waals surface area contributed by atoms with E-state index in [1.165, 1.54) is 24.1 Å². The predicted octanol–water partition coefficient (Wildman–Crippen LogP) is 4.10. The van der Waals surface area contributed by atoms with Gasteiger partial charge >= 0.3 is 0 Å². The molecule has 0 bridgehead atoms. The summed E-state index contributed by atoms with van der Waals surface area (Å²) in [6, 6.07) is 20.4. The van der Waals surface area contributed by atoms with Crippen molar-refractivity contribution in [3.63, 3.8) is 0 Å². The van der Waals surface area contributed by atoms with Crippen LogP contribution in [-0.4, -0.2) is 51.4 Å². The van der Waals surface area contributed by atoms with Gasteiger partial charge in [0.1, 0.15) is 18.3 Å². The number of nitrogens with zero attached hydrogens (tertiary/aromatic N) is 2. The first-order chi connectivity index (χ1) is 17.7. The van der Waals surface area contributed by atoms with Crippen molar-refractivity contribution in [1.29, 1.82) is 0 Å². The molecule has 196 valence electrons. The number of hydrogen-bond donors (Lipinski definition) is 1. The lowest BCUT2D eigenvalue weighted by atomic mass is 10.1. The van der Waals surface area contributed by atoms with Gasteiger partial charge in [-0.3, -0.25) is 13.9 Å². The third-order valence-corrected chi connectivity index (χ3v) is 7.93. The highest BCUT2D eigenvalue weighted by atomic mass is 35.5. The molecule has 0 aromatic heterocycles. The molecule has 10 heteroatoms. The van der Waals surface area contributed by atoms with E-state index >= 15 is 0 Å². The molecule has 0 aliphatic carbocycles. The number of ether oxygens (including phenoxy) is 1. The van der Waals surface area contributed by atoms with Gasteiger partial charge < -0.3 is 15.0 Å². The molecule has 0 fully saturated rings. The Bertz CT molecular complexity index is 1330. The van der Waals surface area contributed by atoms with Crippen molar-refractivity contribution >= 4 is 39.1 Å². The Balaban J connectivity index is 2.05. The van der Waals surface area contributed by atoms with Gasteiger partial charge in [0.15, 0.2) is 0 Å². The van der Waals surface area contributed by atoms with Gasteiger partial charge in [-0.15, -0.1) is 0 Å². The molecular formula is C27H30ClN3O5S. The van der Waals surface area contributed by atoms with Crippen LogP contribution in [-0.2, 0) is 26.2 Å². The summed E-state index contributed by atoms with van der Waals surface area (Å²) in [5.74, 6) is -0.496. The van der Waals surface area contributed by atoms with Crippen LogP contribution in [0.2, 0.25) is 5.02 Å². The number of likely N-dealkylation sites (N-methyl/N-ethyl adjacent to an activating group) is 1. The van der Waals surface area contributed by atoms with Crippen LogP contribution in [0.4, 0.5) is 5.69 Å². The minimum atomic E-state index is -4.14. The summed E-state index contributed by atoms with van der Waals surface area (Å²) < 4.78 is 33.8. The molecule has 1 atom stereocenters. The normalized spacial score (nSPS) is 11.9. The summed E-state index contributed by atoms with van der Waals surface area (Å²) in [4.78, 5) is 27.9. The van der Waals surface area contributed by atoms with Gasteiger partial charge in [-0.1, -0.05) is 54.1 Å². The number of anilines is 1. The standard InChI is InChI=1S/C27H30ClN3O5S/c1-4-29-27(33)20(2)30(18-21-11-8-9-16-25(21)28)26(32)19-31(22-12-10-13-23(17-22)36-3)37(34,35)24-14-6-5-7-15-24/h5-17,20H,4,18-19H2,1-3H3,(H,29,33). The maximum atomic E-state index is 13.8. The van der Waals surface area contributed by atoms with E-state index in [0.717, 1.165) is 4.31 Å². The molecule has 3 aromatic rings. The number of benzene rings is 3. The van der Waals surface area contributed by atoms with E-state index in [1.54, 1.807) is 80.6 Å². The third-order valence-electron chi connectivity index (χ3n) is 5.77. The Morgan fingerprint density at radius 1 is 1.00 bits per heavy atom. The monoisotopic (exact) mass is 543 g/mol. The molecule has 0 spiro atoms. The van der Waals surface area contributed by atoms with Crippen molar-refractivity contribution < 1.29 is 22.7 Å². The van der Waals surface area contributed by atoms with Crippen molar-refractivity contribution in [3.8, 4) is 5.75 Å². The van der Waals surface area contributed by atoms with E-state index in [0.29, 0.717) is 22.9 Å². The smallest absolute Gasteiger partial charge is 0.264 e. The number of sulfonamides is 1. The average molecular weight is 544 g/mol. The lowest BCUT2D eigenvalue weighted by molar-refractivity contribution is -0.139. The highest BCUT2D eigenvalue weighted by Gasteiger charge is 2.32. The van der Waals surface area contributed by atoms with E-state index < -0.39 is 28.5 Å². The molecule has 0 saturated heterocycles. The number of hydrogen-bond acceptors (Lipinski definition) is 5. The van der Waals surface area contributed by atoms with Gasteiger partial charge in [-0.05, 0) is 49.7 Å². The van der Waals surface area contributed by atoms with Crippen LogP contribution >= 0.6 is 11.6 Å². The molecule has 0 heterocycles. The molecule has 2 amide bonds. The Morgan fingerprint density at radius 3 is 2.32 bits per heavy atom. The van der Waals surface area contributed by atoms with Crippen molar-refractivity contribution in [1.82, 2.24) is 10.2 Å². The number of carbonyl (C=O) groups excluding carboxylic acids is 2. The van der Waals surface area contributed by atoms with Crippen molar-refractivity contribution in [2.24, 2.45) is 0 Å². The minimum Gasteiger partial charge on any atom is -0.497 e. The largest absolute Gasteiger partial charge is 0.497 e. The fraction of sp³-hybridized carbons (Fsp3) is 0.259. The second-order valence-electron chi connectivity index (χ2n) is 8.21. The van der Waals surface area contributed by atoms with Crippen molar-refractivity contribution in [2.45, 2.75) is 31.3 Å². The van der Waals surface area contributed by atoms with E-state index in [2.05, 4.69) is 5.32 Å². The summed E-state index contributed by atoms with van der Waals surface area (Å²) in [7, 11) is -2.67. The number of carbonyl (C=O) groups is 2. The Labute approximate surface area is 222 Å². The zero-order chi connectivity index (χ0) is 27.0. The number of halogens is 1. The molecule has 0 aliphatic heterocycles. The van der Waals surface area contributed by atoms with E-state index in [4.69, 9.17) is 16.3 Å². The maximum Gasteiger partial charge on any atom is 0.264 e. The molecular weight excluding hydrogens is 514 g/mol. The number of methoxy groups -OCH3 is 1.